The van der Waals surface area contributed by atoms with E-state index in [0.717, 1.165) is 11.8 Å². The van der Waals surface area contributed by atoms with Gasteiger partial charge in [0.05, 0.1) is 11.4 Å². The van der Waals surface area contributed by atoms with Crippen LogP contribution in [0.5, 0.6) is 0 Å². The fourth-order valence-corrected chi connectivity index (χ4v) is 6.01. The van der Waals surface area contributed by atoms with Gasteiger partial charge in [-0.3, -0.25) is 4.79 Å². The first-order valence-corrected chi connectivity index (χ1v) is 11.2. The molecule has 1 amide bonds. The van der Waals surface area contributed by atoms with Gasteiger partial charge in [-0.15, -0.1) is 10.2 Å². The zero-order chi connectivity index (χ0) is 18.8. The van der Waals surface area contributed by atoms with Gasteiger partial charge < -0.3 is 10.6 Å². The van der Waals surface area contributed by atoms with Gasteiger partial charge in [0.2, 0.25) is 11.0 Å². The molecule has 27 heavy (non-hydrogen) atoms. The van der Waals surface area contributed by atoms with Crippen LogP contribution in [0.2, 0.25) is 0 Å². The average Bonchev–Trinajstić information content (AvgIpc) is 3.39. The molecule has 144 valence electrons. The van der Waals surface area contributed by atoms with E-state index in [0.29, 0.717) is 26.8 Å². The number of nitrogens with one attached hydrogen (secondary N) is 2. The molecule has 1 heterocycles. The Labute approximate surface area is 166 Å². The maximum atomic E-state index is 13.7. The van der Waals surface area contributed by atoms with Crippen LogP contribution in [0.1, 0.15) is 32.6 Å². The molecule has 2 bridgehead atoms. The van der Waals surface area contributed by atoms with Crippen molar-refractivity contribution in [1.29, 1.82) is 0 Å². The summed E-state index contributed by atoms with van der Waals surface area (Å²) in [7, 11) is 0. The first kappa shape index (κ1) is 18.7. The maximum absolute atomic E-state index is 13.7. The number of halogens is 1. The highest BCUT2D eigenvalue weighted by atomic mass is 32.2. The highest BCUT2D eigenvalue weighted by Gasteiger charge is 2.42. The molecule has 5 nitrogen and oxygen atoms in total. The molecule has 2 saturated carbocycles. The summed E-state index contributed by atoms with van der Waals surface area (Å²) in [5, 5.41) is 14.7. The number of hydrogen-bond donors (Lipinski definition) is 2. The van der Waals surface area contributed by atoms with Gasteiger partial charge in [0.15, 0.2) is 4.34 Å². The topological polar surface area (TPSA) is 66.9 Å². The first-order chi connectivity index (χ1) is 13.1. The molecule has 4 rings (SSSR count). The van der Waals surface area contributed by atoms with Gasteiger partial charge in [0.25, 0.3) is 0 Å². The van der Waals surface area contributed by atoms with Gasteiger partial charge >= 0.3 is 0 Å². The minimum Gasteiger partial charge on any atom is -0.353 e. The Hall–Kier alpha value is -1.67. The number of aromatic nitrogens is 2. The number of amides is 1. The molecule has 2 fully saturated rings. The number of carbonyl (C=O) groups excluding carboxylic acids is 1. The van der Waals surface area contributed by atoms with Gasteiger partial charge in [-0.25, -0.2) is 4.39 Å². The highest BCUT2D eigenvalue weighted by molar-refractivity contribution is 8.01. The third kappa shape index (κ3) is 4.43. The Morgan fingerprint density at radius 3 is 2.93 bits per heavy atom. The van der Waals surface area contributed by atoms with Crippen molar-refractivity contribution in [1.82, 2.24) is 15.5 Å². The van der Waals surface area contributed by atoms with Crippen molar-refractivity contribution in [3.05, 3.63) is 30.1 Å². The van der Waals surface area contributed by atoms with Gasteiger partial charge in [-0.1, -0.05) is 41.7 Å². The zero-order valence-corrected chi connectivity index (χ0v) is 16.8. The largest absolute Gasteiger partial charge is 0.353 e. The molecule has 1 aromatic carbocycles. The van der Waals surface area contributed by atoms with Gasteiger partial charge in [-0.05, 0) is 56.1 Å². The Morgan fingerprint density at radius 2 is 2.19 bits per heavy atom. The van der Waals surface area contributed by atoms with Crippen LogP contribution < -0.4 is 10.6 Å². The maximum Gasteiger partial charge on any atom is 0.230 e. The minimum absolute atomic E-state index is 0.0362. The van der Waals surface area contributed by atoms with Crippen molar-refractivity contribution >= 4 is 39.8 Å². The molecule has 0 unspecified atom stereocenters. The average molecular weight is 407 g/mol. The summed E-state index contributed by atoms with van der Waals surface area (Å²) in [5.74, 6) is 2.34. The lowest BCUT2D eigenvalue weighted by Gasteiger charge is -2.28. The summed E-state index contributed by atoms with van der Waals surface area (Å²) in [4.78, 5) is 12.3. The monoisotopic (exact) mass is 406 g/mol. The fourth-order valence-electron chi connectivity index (χ4n) is 4.43. The molecule has 2 aromatic rings. The number of thioether (sulfide) groups is 1. The van der Waals surface area contributed by atoms with E-state index in [4.69, 9.17) is 0 Å². The van der Waals surface area contributed by atoms with E-state index in [1.165, 1.54) is 54.8 Å². The summed E-state index contributed by atoms with van der Waals surface area (Å²) < 4.78 is 14.4. The second kappa shape index (κ2) is 8.14. The number of anilines is 2. The van der Waals surface area contributed by atoms with Crippen LogP contribution >= 0.6 is 23.1 Å². The summed E-state index contributed by atoms with van der Waals surface area (Å²) in [5.41, 5.74) is 0.364. The molecule has 2 aliphatic carbocycles. The van der Waals surface area contributed by atoms with Gasteiger partial charge in [-0.2, -0.15) is 0 Å². The molecule has 0 radical (unpaired) electrons. The normalized spacial score (nSPS) is 24.7. The quantitative estimate of drug-likeness (QED) is 0.665. The van der Waals surface area contributed by atoms with Crippen molar-refractivity contribution in [2.75, 3.05) is 11.1 Å². The smallest absolute Gasteiger partial charge is 0.230 e. The second-order valence-corrected chi connectivity index (χ2v) is 9.66. The summed E-state index contributed by atoms with van der Waals surface area (Å²) in [6, 6.07) is 6.66. The summed E-state index contributed by atoms with van der Waals surface area (Å²) in [6.45, 7) is 2.13. The lowest BCUT2D eigenvalue weighted by Crippen LogP contribution is -2.40. The van der Waals surface area contributed by atoms with E-state index in [9.17, 15) is 9.18 Å². The molecule has 0 aliphatic heterocycles. The molecule has 8 heteroatoms. The van der Waals surface area contributed by atoms with E-state index in [2.05, 4.69) is 27.8 Å². The highest BCUT2D eigenvalue weighted by Crippen LogP contribution is 2.49. The zero-order valence-electron chi connectivity index (χ0n) is 15.2. The molecule has 2 aliphatic rings. The first-order valence-electron chi connectivity index (χ1n) is 9.35. The number of fused-ring (bicyclic) bond motifs is 2. The third-order valence-corrected chi connectivity index (χ3v) is 7.64. The summed E-state index contributed by atoms with van der Waals surface area (Å²) in [6.07, 6.45) is 5.31. The van der Waals surface area contributed by atoms with Crippen LogP contribution in [-0.2, 0) is 4.79 Å². The minimum atomic E-state index is -0.337. The third-order valence-electron chi connectivity index (χ3n) is 5.67. The van der Waals surface area contributed by atoms with Crippen LogP contribution in [0.15, 0.2) is 28.6 Å². The fraction of sp³-hybridized carbons (Fsp3) is 0.526. The lowest BCUT2D eigenvalue weighted by atomic mass is 9.84. The number of benzene rings is 1. The van der Waals surface area contributed by atoms with Gasteiger partial charge in [0.1, 0.15) is 5.82 Å². The SMILES string of the molecule is C[C@H](NC(=O)CSc1nnc(Nc2ccccc2F)s1)[C@H]1C[C@H]2CC[C@H]1C2. The van der Waals surface area contributed by atoms with Crippen molar-refractivity contribution in [3.63, 3.8) is 0 Å². The van der Waals surface area contributed by atoms with Crippen LogP contribution in [0.4, 0.5) is 15.2 Å². The number of nitrogens with zero attached hydrogens (tertiary/aromatic N) is 2. The van der Waals surface area contributed by atoms with E-state index in [1.54, 1.807) is 18.2 Å². The van der Waals surface area contributed by atoms with Gasteiger partial charge in [0, 0.05) is 6.04 Å². The summed E-state index contributed by atoms with van der Waals surface area (Å²) >= 11 is 2.68. The number of carbonyl (C=O) groups is 1. The van der Waals surface area contributed by atoms with E-state index in [1.807, 2.05) is 0 Å². The number of hydrogen-bond acceptors (Lipinski definition) is 6. The Balaban J connectivity index is 1.25. The van der Waals surface area contributed by atoms with Crippen LogP contribution in [0, 0.1) is 23.6 Å². The molecular formula is C19H23FN4OS2. The molecule has 4 atom stereocenters. The number of rotatable bonds is 7. The molecule has 0 spiro atoms. The molecule has 0 saturated heterocycles. The predicted octanol–water partition coefficient (Wildman–Crippen LogP) is 4.45. The Morgan fingerprint density at radius 1 is 1.33 bits per heavy atom. The van der Waals surface area contributed by atoms with Crippen molar-refractivity contribution in [3.8, 4) is 0 Å². The van der Waals surface area contributed by atoms with Crippen LogP contribution in [0.3, 0.4) is 0 Å². The standard InChI is InChI=1S/C19H23FN4OS2/c1-11(14-9-12-6-7-13(14)8-12)21-17(25)10-26-19-24-23-18(27-19)22-16-5-3-2-4-15(16)20/h2-5,11-14H,6-10H2,1H3,(H,21,25)(H,22,23)/t11-,12-,13-,14+/m0/s1. The van der Waals surface area contributed by atoms with Crippen molar-refractivity contribution in [2.24, 2.45) is 17.8 Å². The molecular weight excluding hydrogens is 383 g/mol. The van der Waals surface area contributed by atoms with E-state index >= 15 is 0 Å². The predicted molar refractivity (Wildman–Crippen MR) is 107 cm³/mol. The van der Waals surface area contributed by atoms with Crippen molar-refractivity contribution < 1.29 is 9.18 Å². The van der Waals surface area contributed by atoms with Crippen LogP contribution in [-0.4, -0.2) is 27.9 Å². The van der Waals surface area contributed by atoms with Crippen LogP contribution in [0.25, 0.3) is 0 Å². The Kier molecular flexibility index (Phi) is 5.63. The molecule has 2 N–H and O–H groups in total. The lowest BCUT2D eigenvalue weighted by molar-refractivity contribution is -0.119. The van der Waals surface area contributed by atoms with Crippen molar-refractivity contribution in [2.45, 2.75) is 43.0 Å². The van der Waals surface area contributed by atoms with E-state index < -0.39 is 0 Å². The number of para-hydroxylation sites is 1. The van der Waals surface area contributed by atoms with E-state index in [-0.39, 0.29) is 17.8 Å². The molecule has 1 aromatic heterocycles. The Bertz CT molecular complexity index is 815. The second-order valence-electron chi connectivity index (χ2n) is 7.46.